The minimum Gasteiger partial charge on any atom is -0.457 e. The minimum absolute atomic E-state index is 0.0150. The molecule has 4 aliphatic rings. The lowest BCUT2D eigenvalue weighted by Gasteiger charge is -2.35. The molecular weight excluding hydrogens is 853 g/mol. The molecule has 3 N–H and O–H groups in total. The largest absolute Gasteiger partial charge is 0.457 e. The number of aromatic nitrogens is 4. The molecule has 346 valence electrons. The number of imide groups is 1. The highest BCUT2D eigenvalue weighted by atomic mass is 32.2. The summed E-state index contributed by atoms with van der Waals surface area (Å²) in [7, 11) is 0. The molecule has 0 bridgehead atoms. The maximum atomic E-state index is 13.6. The van der Waals surface area contributed by atoms with E-state index >= 15 is 0 Å². The van der Waals surface area contributed by atoms with Gasteiger partial charge in [-0.2, -0.15) is 5.10 Å². The van der Waals surface area contributed by atoms with Gasteiger partial charge in [0.25, 0.3) is 5.91 Å². The molecule has 0 aliphatic carbocycles. The fraction of sp³-hybridized carbons (Fsp3) is 0.460. The van der Waals surface area contributed by atoms with E-state index in [1.54, 1.807) is 16.7 Å². The Bertz CT molecular complexity index is 2510. The van der Waals surface area contributed by atoms with Crippen molar-refractivity contribution >= 4 is 52.2 Å². The number of ether oxygens (including phenoxy) is 1. The Morgan fingerprint density at radius 2 is 1.55 bits per heavy atom. The number of thioether (sulfide) groups is 1. The van der Waals surface area contributed by atoms with Gasteiger partial charge in [0.05, 0.1) is 11.4 Å². The van der Waals surface area contributed by atoms with Crippen molar-refractivity contribution in [2.75, 3.05) is 63.8 Å². The van der Waals surface area contributed by atoms with Crippen LogP contribution in [0.4, 0.5) is 5.82 Å². The number of piperidine rings is 2. The maximum absolute atomic E-state index is 13.6. The molecule has 9 rings (SSSR count). The molecule has 2 atom stereocenters. The number of nitrogen functional groups attached to an aromatic ring is 1. The van der Waals surface area contributed by atoms with E-state index in [4.69, 9.17) is 15.6 Å². The van der Waals surface area contributed by atoms with Crippen LogP contribution < -0.4 is 15.8 Å². The van der Waals surface area contributed by atoms with Gasteiger partial charge in [0.1, 0.15) is 35.4 Å². The van der Waals surface area contributed by atoms with Crippen molar-refractivity contribution in [1.29, 1.82) is 0 Å². The fourth-order valence-electron chi connectivity index (χ4n) is 9.83. The van der Waals surface area contributed by atoms with Gasteiger partial charge in [0.2, 0.25) is 17.7 Å². The third kappa shape index (κ3) is 10.6. The lowest BCUT2D eigenvalue weighted by Crippen LogP contribution is -2.52. The molecule has 15 nitrogen and oxygen atoms in total. The van der Waals surface area contributed by atoms with Gasteiger partial charge < -0.3 is 30.1 Å². The zero-order valence-corrected chi connectivity index (χ0v) is 38.4. The third-order valence-electron chi connectivity index (χ3n) is 13.5. The number of nitrogens with two attached hydrogens (primary N) is 1. The van der Waals surface area contributed by atoms with Gasteiger partial charge in [0.15, 0.2) is 5.65 Å². The standard InChI is InChI=1S/C50H60N10O5S/c51-47-45-46(35-18-20-38(21-19-35)65-37-13-5-4-6-14-37)55-60(48(45)53-34-52-47)36-12-10-26-58(32-36)44(62)17-11-25-57-29-27-56(28-30-57)24-7-2-1-3-8-31-66-42-16-9-15-39-40(42)33-59(50(39)64)41-22-23-43(61)54-49(41)63/h4-6,9,13-16,18-21,34,36,41H,1-3,7-8,10-12,17,22-33H2,(H2,51,52,53)(H,54,61,63). The number of rotatable bonds is 18. The summed E-state index contributed by atoms with van der Waals surface area (Å²) in [4.78, 5) is 69.6. The van der Waals surface area contributed by atoms with Gasteiger partial charge in [-0.05, 0) is 111 Å². The van der Waals surface area contributed by atoms with E-state index in [-0.39, 0.29) is 36.1 Å². The molecule has 5 aromatic rings. The summed E-state index contributed by atoms with van der Waals surface area (Å²) < 4.78 is 7.97. The van der Waals surface area contributed by atoms with E-state index in [1.807, 2.05) is 76.3 Å². The quantitative estimate of drug-likeness (QED) is 0.0529. The summed E-state index contributed by atoms with van der Waals surface area (Å²) in [5, 5.41) is 8.18. The monoisotopic (exact) mass is 912 g/mol. The van der Waals surface area contributed by atoms with E-state index in [1.165, 1.54) is 32.0 Å². The average molecular weight is 913 g/mol. The van der Waals surface area contributed by atoms with E-state index in [0.29, 0.717) is 43.0 Å². The molecular formula is C50H60N10O5S. The molecule has 0 radical (unpaired) electrons. The second kappa shape index (κ2) is 21.2. The topological polar surface area (TPSA) is 172 Å². The molecule has 3 aromatic carbocycles. The van der Waals surface area contributed by atoms with Gasteiger partial charge in [-0.3, -0.25) is 24.5 Å². The molecule has 4 amide bonds. The smallest absolute Gasteiger partial charge is 0.255 e. The molecule has 66 heavy (non-hydrogen) atoms. The van der Waals surface area contributed by atoms with Crippen LogP contribution in [0.3, 0.4) is 0 Å². The van der Waals surface area contributed by atoms with Crippen LogP contribution in [-0.4, -0.2) is 127 Å². The lowest BCUT2D eigenvalue weighted by atomic mass is 10.0. The van der Waals surface area contributed by atoms with Gasteiger partial charge in [-0.15, -0.1) is 11.8 Å². The number of nitrogens with one attached hydrogen (secondary N) is 1. The highest BCUT2D eigenvalue weighted by Gasteiger charge is 2.40. The summed E-state index contributed by atoms with van der Waals surface area (Å²) in [6, 6.07) is 22.7. The van der Waals surface area contributed by atoms with E-state index in [2.05, 4.69) is 31.2 Å². The van der Waals surface area contributed by atoms with Gasteiger partial charge >= 0.3 is 0 Å². The Morgan fingerprint density at radius 1 is 0.803 bits per heavy atom. The Hall–Kier alpha value is -5.84. The zero-order chi connectivity index (χ0) is 45.4. The highest BCUT2D eigenvalue weighted by Crippen LogP contribution is 2.37. The summed E-state index contributed by atoms with van der Waals surface area (Å²) in [5.41, 5.74) is 10.4. The van der Waals surface area contributed by atoms with Crippen molar-refractivity contribution in [1.82, 2.24) is 44.7 Å². The summed E-state index contributed by atoms with van der Waals surface area (Å²) >= 11 is 1.80. The highest BCUT2D eigenvalue weighted by molar-refractivity contribution is 7.99. The van der Waals surface area contributed by atoms with E-state index < -0.39 is 6.04 Å². The number of piperazine rings is 1. The lowest BCUT2D eigenvalue weighted by molar-refractivity contribution is -0.137. The molecule has 0 spiro atoms. The van der Waals surface area contributed by atoms with Crippen LogP contribution in [0.5, 0.6) is 11.5 Å². The number of hydrogen-bond donors (Lipinski definition) is 2. The zero-order valence-electron chi connectivity index (χ0n) is 37.6. The first-order valence-corrected chi connectivity index (χ1v) is 24.7. The SMILES string of the molecule is Nc1ncnc2c1c(-c1ccc(Oc3ccccc3)cc1)nn2C1CCCN(C(=O)CCCN2CCN(CCCCCCCSc3cccc4c3CN(C3CCC(=O)NC3=O)C4=O)CC2)C1. The second-order valence-electron chi connectivity index (χ2n) is 17.9. The summed E-state index contributed by atoms with van der Waals surface area (Å²) in [6.45, 7) is 8.06. The maximum Gasteiger partial charge on any atom is 0.255 e. The van der Waals surface area contributed by atoms with Crippen molar-refractivity contribution in [3.63, 3.8) is 0 Å². The molecule has 3 saturated heterocycles. The van der Waals surface area contributed by atoms with Gasteiger partial charge in [0, 0.05) is 74.7 Å². The third-order valence-corrected chi connectivity index (χ3v) is 14.7. The van der Waals surface area contributed by atoms with Crippen LogP contribution >= 0.6 is 11.8 Å². The number of para-hydroxylation sites is 1. The number of fused-ring (bicyclic) bond motifs is 2. The first kappa shape index (κ1) is 45.3. The number of benzene rings is 3. The van der Waals surface area contributed by atoms with Crippen molar-refractivity contribution in [2.24, 2.45) is 0 Å². The van der Waals surface area contributed by atoms with Gasteiger partial charge in [-0.1, -0.05) is 43.5 Å². The molecule has 2 aromatic heterocycles. The number of carbonyl (C=O) groups is 4. The Labute approximate surface area is 390 Å². The number of amides is 4. The molecule has 16 heteroatoms. The molecule has 2 unspecified atom stereocenters. The Balaban J connectivity index is 0.658. The molecule has 3 fully saturated rings. The summed E-state index contributed by atoms with van der Waals surface area (Å²) in [6.07, 6.45) is 11.3. The normalized spacial score (nSPS) is 19.4. The fourth-order valence-corrected chi connectivity index (χ4v) is 10.9. The molecule has 4 aliphatic heterocycles. The molecule has 0 saturated carbocycles. The van der Waals surface area contributed by atoms with Gasteiger partial charge in [-0.25, -0.2) is 14.6 Å². The number of carbonyl (C=O) groups excluding carboxylic acids is 4. The van der Waals surface area contributed by atoms with Crippen molar-refractivity contribution < 1.29 is 23.9 Å². The van der Waals surface area contributed by atoms with Crippen LogP contribution in [0.15, 0.2) is 84.0 Å². The first-order chi connectivity index (χ1) is 32.3. The van der Waals surface area contributed by atoms with Crippen LogP contribution in [0.1, 0.15) is 92.6 Å². The average Bonchev–Trinajstić information content (AvgIpc) is 3.90. The Morgan fingerprint density at radius 3 is 2.33 bits per heavy atom. The van der Waals surface area contributed by atoms with Crippen molar-refractivity contribution in [3.8, 4) is 22.8 Å². The number of hydrogen-bond acceptors (Lipinski definition) is 12. The predicted octanol–water partition coefficient (Wildman–Crippen LogP) is 6.93. The second-order valence-corrected chi connectivity index (χ2v) is 19.0. The predicted molar refractivity (Wildman–Crippen MR) is 255 cm³/mol. The van der Waals surface area contributed by atoms with Crippen molar-refractivity contribution in [2.45, 2.75) is 94.2 Å². The number of anilines is 1. The van der Waals surface area contributed by atoms with Crippen molar-refractivity contribution in [3.05, 3.63) is 90.3 Å². The number of likely N-dealkylation sites (tertiary alicyclic amines) is 1. The van der Waals surface area contributed by atoms with Crippen LogP contribution in [0.2, 0.25) is 0 Å². The first-order valence-electron chi connectivity index (χ1n) is 23.7. The molecule has 6 heterocycles. The van der Waals surface area contributed by atoms with E-state index in [0.717, 1.165) is 116 Å². The van der Waals surface area contributed by atoms with E-state index in [9.17, 15) is 19.2 Å². The summed E-state index contributed by atoms with van der Waals surface area (Å²) in [5.74, 6) is 2.31. The Kier molecular flexibility index (Phi) is 14.6. The van der Waals surface area contributed by atoms with Crippen LogP contribution in [0.25, 0.3) is 22.3 Å². The number of nitrogens with zero attached hydrogens (tertiary/aromatic N) is 8. The van der Waals surface area contributed by atoms with Crippen LogP contribution in [0, 0.1) is 0 Å². The van der Waals surface area contributed by atoms with Crippen LogP contribution in [-0.2, 0) is 20.9 Å². The number of unbranched alkanes of at least 4 members (excludes halogenated alkanes) is 4. The minimum atomic E-state index is -0.587.